The van der Waals surface area contributed by atoms with Gasteiger partial charge >= 0.3 is 11.9 Å². The molecular weight excluding hydrogens is 580 g/mol. The zero-order valence-corrected chi connectivity index (χ0v) is 30.4. The summed E-state index contributed by atoms with van der Waals surface area (Å²) in [6.07, 6.45) is 26.4. The molecule has 0 aliphatic rings. The molecule has 8 nitrogen and oxygen atoms in total. The lowest BCUT2D eigenvalue weighted by Gasteiger charge is -2.22. The standard InChI is InChI=1S/C38H74N2O6/c1-4-7-10-17-23-33-45-37(43)27-19-13-11-15-21-30-40(32-24-29-39-36(42)34-41)31-22-16-12-14-20-28-38(44)46-35(25-9-6-3)26-18-8-5-2/h35,41H,4-34H2,1-3H3,(H,39,42). The van der Waals surface area contributed by atoms with Crippen LogP contribution in [0.5, 0.6) is 0 Å². The molecule has 0 aromatic heterocycles. The Balaban J connectivity index is 4.15. The summed E-state index contributed by atoms with van der Waals surface area (Å²) in [4.78, 5) is 38.2. The minimum Gasteiger partial charge on any atom is -0.466 e. The Morgan fingerprint density at radius 2 is 1.09 bits per heavy atom. The molecule has 0 aromatic carbocycles. The fourth-order valence-electron chi connectivity index (χ4n) is 5.72. The highest BCUT2D eigenvalue weighted by atomic mass is 16.5. The van der Waals surface area contributed by atoms with Crippen molar-refractivity contribution in [3.8, 4) is 0 Å². The predicted molar refractivity (Wildman–Crippen MR) is 190 cm³/mol. The molecule has 0 aromatic rings. The van der Waals surface area contributed by atoms with E-state index in [1.165, 1.54) is 32.1 Å². The number of aliphatic hydroxyl groups excluding tert-OH is 1. The quantitative estimate of drug-likeness (QED) is 0.0520. The molecule has 2 N–H and O–H groups in total. The Hall–Kier alpha value is -1.67. The van der Waals surface area contributed by atoms with Crippen molar-refractivity contribution in [2.75, 3.05) is 39.4 Å². The van der Waals surface area contributed by atoms with Crippen LogP contribution in [0.3, 0.4) is 0 Å². The maximum atomic E-state index is 12.4. The third kappa shape index (κ3) is 31.0. The van der Waals surface area contributed by atoms with Crippen molar-refractivity contribution in [2.45, 2.75) is 187 Å². The van der Waals surface area contributed by atoms with Gasteiger partial charge < -0.3 is 24.8 Å². The maximum absolute atomic E-state index is 12.4. The van der Waals surface area contributed by atoms with Gasteiger partial charge in [-0.1, -0.05) is 111 Å². The molecular formula is C38H74N2O6. The number of amides is 1. The fraction of sp³-hybridized carbons (Fsp3) is 0.921. The van der Waals surface area contributed by atoms with Crippen molar-refractivity contribution >= 4 is 17.8 Å². The summed E-state index contributed by atoms with van der Waals surface area (Å²) in [5.41, 5.74) is 0. The third-order valence-corrected chi connectivity index (χ3v) is 8.65. The fourth-order valence-corrected chi connectivity index (χ4v) is 5.72. The highest BCUT2D eigenvalue weighted by molar-refractivity contribution is 5.76. The Labute approximate surface area is 283 Å². The number of ether oxygens (including phenoxy) is 2. The molecule has 272 valence electrons. The summed E-state index contributed by atoms with van der Waals surface area (Å²) in [5.74, 6) is -0.395. The highest BCUT2D eigenvalue weighted by Gasteiger charge is 2.14. The Kier molecular flexibility index (Phi) is 33.4. The van der Waals surface area contributed by atoms with Crippen LogP contribution in [0.25, 0.3) is 0 Å². The summed E-state index contributed by atoms with van der Waals surface area (Å²) in [6.45, 7) is 10.3. The number of nitrogens with zero attached hydrogens (tertiary/aromatic N) is 1. The molecule has 0 bridgehead atoms. The second kappa shape index (κ2) is 34.7. The van der Waals surface area contributed by atoms with Crippen LogP contribution in [0.15, 0.2) is 0 Å². The molecule has 0 rings (SSSR count). The van der Waals surface area contributed by atoms with E-state index in [9.17, 15) is 14.4 Å². The van der Waals surface area contributed by atoms with Gasteiger partial charge in [0.15, 0.2) is 0 Å². The van der Waals surface area contributed by atoms with Gasteiger partial charge in [-0.3, -0.25) is 14.4 Å². The number of esters is 2. The number of carbonyl (C=O) groups is 3. The molecule has 0 aliphatic carbocycles. The summed E-state index contributed by atoms with van der Waals surface area (Å²) in [7, 11) is 0. The number of carbonyl (C=O) groups excluding carboxylic acids is 3. The Bertz CT molecular complexity index is 705. The van der Waals surface area contributed by atoms with Crippen LogP contribution in [0, 0.1) is 0 Å². The van der Waals surface area contributed by atoms with Crippen molar-refractivity contribution in [3.63, 3.8) is 0 Å². The molecule has 0 heterocycles. The first-order valence-corrected chi connectivity index (χ1v) is 19.4. The number of rotatable bonds is 35. The van der Waals surface area contributed by atoms with E-state index < -0.39 is 6.61 Å². The van der Waals surface area contributed by atoms with Crippen LogP contribution in [-0.2, 0) is 23.9 Å². The summed E-state index contributed by atoms with van der Waals surface area (Å²) >= 11 is 0. The van der Waals surface area contributed by atoms with Crippen LogP contribution < -0.4 is 5.32 Å². The van der Waals surface area contributed by atoms with E-state index in [-0.39, 0.29) is 23.9 Å². The number of nitrogens with one attached hydrogen (secondary N) is 1. The zero-order chi connectivity index (χ0) is 33.9. The molecule has 0 radical (unpaired) electrons. The average molecular weight is 655 g/mol. The third-order valence-electron chi connectivity index (χ3n) is 8.65. The number of hydrogen-bond donors (Lipinski definition) is 2. The van der Waals surface area contributed by atoms with Crippen LogP contribution in [0.1, 0.15) is 181 Å². The van der Waals surface area contributed by atoms with Gasteiger partial charge in [0.1, 0.15) is 12.7 Å². The number of aliphatic hydroxyl groups is 1. The van der Waals surface area contributed by atoms with E-state index >= 15 is 0 Å². The van der Waals surface area contributed by atoms with Crippen LogP contribution in [0.2, 0.25) is 0 Å². The van der Waals surface area contributed by atoms with Gasteiger partial charge in [-0.15, -0.1) is 0 Å². The highest BCUT2D eigenvalue weighted by Crippen LogP contribution is 2.16. The van der Waals surface area contributed by atoms with Gasteiger partial charge in [0, 0.05) is 19.4 Å². The van der Waals surface area contributed by atoms with Crippen molar-refractivity contribution in [2.24, 2.45) is 0 Å². The Morgan fingerprint density at radius 3 is 1.72 bits per heavy atom. The van der Waals surface area contributed by atoms with Gasteiger partial charge in [0.05, 0.1) is 6.61 Å². The first-order valence-electron chi connectivity index (χ1n) is 19.4. The van der Waals surface area contributed by atoms with E-state index in [1.54, 1.807) is 0 Å². The van der Waals surface area contributed by atoms with Crippen molar-refractivity contribution in [1.29, 1.82) is 0 Å². The zero-order valence-electron chi connectivity index (χ0n) is 30.4. The summed E-state index contributed by atoms with van der Waals surface area (Å²) in [6, 6.07) is 0. The lowest BCUT2D eigenvalue weighted by atomic mass is 10.1. The van der Waals surface area contributed by atoms with E-state index in [1.807, 2.05) is 0 Å². The molecule has 0 saturated heterocycles. The first-order chi connectivity index (χ1) is 22.5. The lowest BCUT2D eigenvalue weighted by molar-refractivity contribution is -0.150. The number of unbranched alkanes of at least 4 members (excludes halogenated alkanes) is 15. The largest absolute Gasteiger partial charge is 0.466 e. The minimum absolute atomic E-state index is 0.0230. The molecule has 0 fully saturated rings. The van der Waals surface area contributed by atoms with Gasteiger partial charge in [-0.2, -0.15) is 0 Å². The molecule has 0 aliphatic heterocycles. The van der Waals surface area contributed by atoms with Gasteiger partial charge in [-0.05, 0) is 77.4 Å². The van der Waals surface area contributed by atoms with Crippen molar-refractivity contribution in [1.82, 2.24) is 10.2 Å². The second-order valence-corrected chi connectivity index (χ2v) is 13.1. The molecule has 1 atom stereocenters. The maximum Gasteiger partial charge on any atom is 0.306 e. The van der Waals surface area contributed by atoms with Crippen molar-refractivity contribution < 1.29 is 29.0 Å². The molecule has 8 heteroatoms. The van der Waals surface area contributed by atoms with Gasteiger partial charge in [0.2, 0.25) is 5.91 Å². The number of hydrogen-bond acceptors (Lipinski definition) is 7. The molecule has 0 spiro atoms. The van der Waals surface area contributed by atoms with E-state index in [4.69, 9.17) is 14.6 Å². The van der Waals surface area contributed by atoms with E-state index in [0.717, 1.165) is 135 Å². The monoisotopic (exact) mass is 655 g/mol. The van der Waals surface area contributed by atoms with E-state index in [2.05, 4.69) is 31.0 Å². The second-order valence-electron chi connectivity index (χ2n) is 13.1. The average Bonchev–Trinajstić information content (AvgIpc) is 3.05. The van der Waals surface area contributed by atoms with Crippen LogP contribution >= 0.6 is 0 Å². The van der Waals surface area contributed by atoms with Crippen LogP contribution in [0.4, 0.5) is 0 Å². The predicted octanol–water partition coefficient (Wildman–Crippen LogP) is 8.66. The molecule has 1 unspecified atom stereocenters. The van der Waals surface area contributed by atoms with Crippen molar-refractivity contribution in [3.05, 3.63) is 0 Å². The first kappa shape index (κ1) is 44.3. The summed E-state index contributed by atoms with van der Waals surface area (Å²) < 4.78 is 11.2. The molecule has 1 amide bonds. The van der Waals surface area contributed by atoms with Gasteiger partial charge in [0.25, 0.3) is 0 Å². The topological polar surface area (TPSA) is 105 Å². The summed E-state index contributed by atoms with van der Waals surface area (Å²) in [5, 5.41) is 11.7. The smallest absolute Gasteiger partial charge is 0.306 e. The minimum atomic E-state index is -0.462. The normalized spacial score (nSPS) is 11.9. The lowest BCUT2D eigenvalue weighted by Crippen LogP contribution is -2.32. The molecule has 46 heavy (non-hydrogen) atoms. The van der Waals surface area contributed by atoms with E-state index in [0.29, 0.717) is 26.0 Å². The van der Waals surface area contributed by atoms with Crippen LogP contribution in [-0.4, -0.2) is 73.3 Å². The Morgan fingerprint density at radius 1 is 0.587 bits per heavy atom. The van der Waals surface area contributed by atoms with Gasteiger partial charge in [-0.25, -0.2) is 0 Å². The SMILES string of the molecule is CCCCCCCOC(=O)CCCCCCCN(CCCCCCCC(=O)OC(CCCC)CCCCC)CCCNC(=O)CO. The molecule has 0 saturated carbocycles.